The Morgan fingerprint density at radius 1 is 1.07 bits per heavy atom. The molecule has 29 heavy (non-hydrogen) atoms. The molecule has 0 radical (unpaired) electrons. The van der Waals surface area contributed by atoms with Crippen LogP contribution < -0.4 is 24.4 Å². The second kappa shape index (κ2) is 9.32. The number of carbonyl (C=O) groups is 1. The fourth-order valence-electron chi connectivity index (χ4n) is 2.77. The highest BCUT2D eigenvalue weighted by atomic mass is 16.7. The molecule has 1 aliphatic rings. The molecule has 0 saturated heterocycles. The van der Waals surface area contributed by atoms with E-state index in [0.717, 1.165) is 16.9 Å². The molecule has 1 heterocycles. The van der Waals surface area contributed by atoms with Crippen molar-refractivity contribution in [2.75, 3.05) is 6.79 Å². The van der Waals surface area contributed by atoms with E-state index in [0.29, 0.717) is 17.2 Å². The number of hydrogen-bond donors (Lipinski definition) is 1. The molecule has 7 nitrogen and oxygen atoms in total. The van der Waals surface area contributed by atoms with Crippen LogP contribution in [-0.4, -0.2) is 31.1 Å². The first-order valence-electron chi connectivity index (χ1n) is 9.58. The van der Waals surface area contributed by atoms with Crippen molar-refractivity contribution in [2.45, 2.75) is 46.3 Å². The highest BCUT2D eigenvalue weighted by Gasteiger charge is 2.14. The summed E-state index contributed by atoms with van der Waals surface area (Å²) in [4.78, 5) is 12.2. The zero-order valence-corrected chi connectivity index (χ0v) is 17.1. The Labute approximate surface area is 170 Å². The monoisotopic (exact) mass is 398 g/mol. The number of nitrogens with zero attached hydrogens (tertiary/aromatic N) is 1. The van der Waals surface area contributed by atoms with E-state index in [-0.39, 0.29) is 31.3 Å². The van der Waals surface area contributed by atoms with Crippen molar-refractivity contribution in [3.63, 3.8) is 0 Å². The van der Waals surface area contributed by atoms with E-state index in [1.807, 2.05) is 52.0 Å². The number of ether oxygens (including phenoxy) is 4. The fourth-order valence-corrected chi connectivity index (χ4v) is 2.77. The van der Waals surface area contributed by atoms with Gasteiger partial charge in [0.25, 0.3) is 0 Å². The van der Waals surface area contributed by atoms with Crippen LogP contribution in [-0.2, 0) is 11.2 Å². The summed E-state index contributed by atoms with van der Waals surface area (Å²) in [5, 5.41) is 4.07. The number of amides is 1. The summed E-state index contributed by atoms with van der Waals surface area (Å²) in [6.07, 6.45) is 1.81. The second-order valence-corrected chi connectivity index (χ2v) is 7.19. The van der Waals surface area contributed by atoms with Crippen molar-refractivity contribution in [1.82, 2.24) is 5.43 Å². The largest absolute Gasteiger partial charge is 0.491 e. The zero-order chi connectivity index (χ0) is 20.8. The number of hydrogen-bond acceptors (Lipinski definition) is 6. The molecule has 0 aromatic heterocycles. The average molecular weight is 398 g/mol. The fraction of sp³-hybridized carbons (Fsp3) is 0.364. The van der Waals surface area contributed by atoms with E-state index < -0.39 is 0 Å². The van der Waals surface area contributed by atoms with Crippen LogP contribution in [0.5, 0.6) is 23.0 Å². The van der Waals surface area contributed by atoms with Crippen molar-refractivity contribution < 1.29 is 23.7 Å². The molecule has 0 fully saturated rings. The van der Waals surface area contributed by atoms with Crippen molar-refractivity contribution in [3.8, 4) is 23.0 Å². The van der Waals surface area contributed by atoms with Crippen LogP contribution in [0.3, 0.4) is 0 Å². The van der Waals surface area contributed by atoms with E-state index in [2.05, 4.69) is 10.5 Å². The SMILES string of the molecule is CC(C)Oc1ccc(/C=N\NC(=O)Cc2ccc3c(c2)OCO3)c(OC(C)C)c1. The normalized spacial score (nSPS) is 12.6. The van der Waals surface area contributed by atoms with Crippen LogP contribution >= 0.6 is 0 Å². The van der Waals surface area contributed by atoms with Gasteiger partial charge in [0.05, 0.1) is 24.8 Å². The van der Waals surface area contributed by atoms with Crippen LogP contribution in [0.1, 0.15) is 38.8 Å². The number of fused-ring (bicyclic) bond motifs is 1. The van der Waals surface area contributed by atoms with Crippen LogP contribution in [0.25, 0.3) is 0 Å². The van der Waals surface area contributed by atoms with Crippen LogP contribution in [0.4, 0.5) is 0 Å². The molecule has 1 N–H and O–H groups in total. The van der Waals surface area contributed by atoms with Gasteiger partial charge in [0.1, 0.15) is 11.5 Å². The maximum Gasteiger partial charge on any atom is 0.244 e. The number of carbonyl (C=O) groups excluding carboxylic acids is 1. The number of benzene rings is 2. The molecular formula is C22H26N2O5. The molecule has 1 amide bonds. The molecule has 0 aliphatic carbocycles. The zero-order valence-electron chi connectivity index (χ0n) is 17.1. The van der Waals surface area contributed by atoms with E-state index in [9.17, 15) is 4.79 Å². The molecule has 0 saturated carbocycles. The summed E-state index contributed by atoms with van der Waals surface area (Å²) in [6, 6.07) is 11.0. The number of nitrogens with one attached hydrogen (secondary N) is 1. The summed E-state index contributed by atoms with van der Waals surface area (Å²) in [6.45, 7) is 8.03. The lowest BCUT2D eigenvalue weighted by atomic mass is 10.1. The van der Waals surface area contributed by atoms with Gasteiger partial charge in [-0.3, -0.25) is 4.79 Å². The summed E-state index contributed by atoms with van der Waals surface area (Å²) in [7, 11) is 0. The summed E-state index contributed by atoms with van der Waals surface area (Å²) >= 11 is 0. The Hall–Kier alpha value is -3.22. The highest BCUT2D eigenvalue weighted by Crippen LogP contribution is 2.32. The van der Waals surface area contributed by atoms with Gasteiger partial charge in [-0.2, -0.15) is 5.10 Å². The molecule has 154 valence electrons. The summed E-state index contributed by atoms with van der Waals surface area (Å²) in [5.74, 6) is 2.48. The lowest BCUT2D eigenvalue weighted by Gasteiger charge is -2.15. The Morgan fingerprint density at radius 2 is 1.83 bits per heavy atom. The third-order valence-electron chi connectivity index (χ3n) is 3.91. The lowest BCUT2D eigenvalue weighted by Crippen LogP contribution is -2.19. The number of rotatable bonds is 8. The Kier molecular flexibility index (Phi) is 6.59. The maximum absolute atomic E-state index is 12.2. The third kappa shape index (κ3) is 5.88. The second-order valence-electron chi connectivity index (χ2n) is 7.19. The van der Waals surface area contributed by atoms with E-state index >= 15 is 0 Å². The van der Waals surface area contributed by atoms with E-state index in [1.54, 1.807) is 18.3 Å². The van der Waals surface area contributed by atoms with Gasteiger partial charge < -0.3 is 18.9 Å². The number of hydrazone groups is 1. The van der Waals surface area contributed by atoms with Gasteiger partial charge in [0, 0.05) is 11.6 Å². The Bertz CT molecular complexity index is 893. The van der Waals surface area contributed by atoms with Gasteiger partial charge in [0.15, 0.2) is 11.5 Å². The average Bonchev–Trinajstić information content (AvgIpc) is 3.10. The van der Waals surface area contributed by atoms with Crippen molar-refractivity contribution in [2.24, 2.45) is 5.10 Å². The van der Waals surface area contributed by atoms with Crippen LogP contribution in [0.2, 0.25) is 0 Å². The topological polar surface area (TPSA) is 78.4 Å². The van der Waals surface area contributed by atoms with Crippen molar-refractivity contribution in [1.29, 1.82) is 0 Å². The quantitative estimate of drug-likeness (QED) is 0.542. The molecule has 0 bridgehead atoms. The van der Waals surface area contributed by atoms with Crippen LogP contribution in [0.15, 0.2) is 41.5 Å². The predicted octanol–water partition coefficient (Wildman–Crippen LogP) is 3.68. The lowest BCUT2D eigenvalue weighted by molar-refractivity contribution is -0.120. The van der Waals surface area contributed by atoms with E-state index in [1.165, 1.54) is 0 Å². The molecule has 7 heteroatoms. The molecule has 0 atom stereocenters. The first kappa shape index (κ1) is 20.5. The maximum atomic E-state index is 12.2. The summed E-state index contributed by atoms with van der Waals surface area (Å²) < 4.78 is 22.2. The van der Waals surface area contributed by atoms with Gasteiger partial charge in [-0.15, -0.1) is 0 Å². The third-order valence-corrected chi connectivity index (χ3v) is 3.91. The molecule has 2 aromatic rings. The van der Waals surface area contributed by atoms with Gasteiger partial charge in [-0.25, -0.2) is 5.43 Å². The first-order chi connectivity index (χ1) is 13.9. The minimum Gasteiger partial charge on any atom is -0.491 e. The van der Waals surface area contributed by atoms with Crippen molar-refractivity contribution >= 4 is 12.1 Å². The van der Waals surface area contributed by atoms with Gasteiger partial charge in [-0.05, 0) is 57.5 Å². The Morgan fingerprint density at radius 3 is 2.59 bits per heavy atom. The van der Waals surface area contributed by atoms with E-state index in [4.69, 9.17) is 18.9 Å². The highest BCUT2D eigenvalue weighted by molar-refractivity contribution is 5.86. The minimum atomic E-state index is -0.230. The molecule has 0 unspecified atom stereocenters. The van der Waals surface area contributed by atoms with Gasteiger partial charge >= 0.3 is 0 Å². The predicted molar refractivity (Wildman–Crippen MR) is 110 cm³/mol. The minimum absolute atomic E-state index is 0.00273. The van der Waals surface area contributed by atoms with Crippen molar-refractivity contribution in [3.05, 3.63) is 47.5 Å². The Balaban J connectivity index is 1.63. The van der Waals surface area contributed by atoms with Crippen LogP contribution in [0, 0.1) is 0 Å². The smallest absolute Gasteiger partial charge is 0.244 e. The van der Waals surface area contributed by atoms with Gasteiger partial charge in [0.2, 0.25) is 12.7 Å². The molecule has 2 aromatic carbocycles. The molecule has 0 spiro atoms. The molecule has 1 aliphatic heterocycles. The first-order valence-corrected chi connectivity index (χ1v) is 9.58. The molecular weight excluding hydrogens is 372 g/mol. The molecule has 3 rings (SSSR count). The van der Waals surface area contributed by atoms with Gasteiger partial charge in [-0.1, -0.05) is 6.07 Å². The summed E-state index contributed by atoms with van der Waals surface area (Å²) in [5.41, 5.74) is 4.12. The standard InChI is InChI=1S/C22H26N2O5/c1-14(2)28-18-7-6-17(20(11-18)29-15(3)4)12-23-24-22(25)10-16-5-8-19-21(9-16)27-13-26-19/h5-9,11-12,14-15H,10,13H2,1-4H3,(H,24,25)/b23-12-.